The summed E-state index contributed by atoms with van der Waals surface area (Å²) in [5, 5.41) is 20.9. The number of carbonyl (C=O) groups is 3. The zero-order valence-electron chi connectivity index (χ0n) is 19.1. The molecule has 1 unspecified atom stereocenters. The summed E-state index contributed by atoms with van der Waals surface area (Å²) < 4.78 is 34.1. The number of anilines is 1. The topological polar surface area (TPSA) is 116 Å². The number of aryl methyl sites for hydroxylation is 1. The molecule has 8 nitrogen and oxygen atoms in total. The molecule has 0 bridgehead atoms. The van der Waals surface area contributed by atoms with Crippen molar-refractivity contribution in [1.29, 1.82) is 0 Å². The van der Waals surface area contributed by atoms with Gasteiger partial charge in [0.05, 0.1) is 21.8 Å². The number of aliphatic hydroxyl groups is 1. The van der Waals surface area contributed by atoms with Crippen molar-refractivity contribution in [2.45, 2.75) is 33.0 Å². The zero-order chi connectivity index (χ0) is 26.6. The summed E-state index contributed by atoms with van der Waals surface area (Å²) in [6.45, 7) is 3.14. The standard InChI is InChI=1S/C24H22BrF2IN2O6/c1-12-3-4-14(23(34)29-10-17(31)9-20(32)33)7-19(12)30-13(2)28-22(21(25)24(30)35)36-11-15-5-6-16(26)8-18(15)27/h3-8,17,31H,9-11H2,1-2H3,(H,29,34)(H,32,33). The van der Waals surface area contributed by atoms with Crippen molar-refractivity contribution in [3.8, 4) is 0 Å². The molecule has 0 saturated carbocycles. The van der Waals surface area contributed by atoms with Crippen LogP contribution in [0.2, 0.25) is 0 Å². The van der Waals surface area contributed by atoms with Gasteiger partial charge >= 0.3 is 5.97 Å². The number of carbonyl (C=O) groups excluding carboxylic acids is 2. The van der Waals surface area contributed by atoms with Gasteiger partial charge in [0.25, 0.3) is 11.8 Å². The number of carboxylic acids is 1. The van der Waals surface area contributed by atoms with E-state index in [4.69, 9.17) is 9.84 Å². The molecule has 0 spiro atoms. The molecule has 0 aromatic heterocycles. The van der Waals surface area contributed by atoms with E-state index in [9.17, 15) is 28.3 Å². The summed E-state index contributed by atoms with van der Waals surface area (Å²) in [6.07, 6.45) is -1.73. The smallest absolute Gasteiger partial charge is 0.306 e. The minimum absolute atomic E-state index is 0.156. The summed E-state index contributed by atoms with van der Waals surface area (Å²) in [6, 6.07) is 7.96. The van der Waals surface area contributed by atoms with Gasteiger partial charge in [0, 0.05) is 23.7 Å². The lowest BCUT2D eigenvalue weighted by Gasteiger charge is -2.28. The van der Waals surface area contributed by atoms with Gasteiger partial charge in [-0.05, 0) is 80.3 Å². The Morgan fingerprint density at radius 2 is 1.92 bits per heavy atom. The van der Waals surface area contributed by atoms with Gasteiger partial charge in [0.2, 0.25) is 0 Å². The molecule has 1 atom stereocenters. The van der Waals surface area contributed by atoms with Crippen LogP contribution < -0.4 is 10.2 Å². The monoisotopic (exact) mass is 678 g/mol. The van der Waals surface area contributed by atoms with Crippen LogP contribution in [0.4, 0.5) is 14.5 Å². The molecule has 2 aromatic rings. The summed E-state index contributed by atoms with van der Waals surface area (Å²) >= 11 is 2.31. The number of aliphatic carboxylic acids is 1. The Kier molecular flexibility index (Phi) is 9.30. The van der Waals surface area contributed by atoms with Crippen molar-refractivity contribution in [3.05, 3.63) is 73.0 Å². The fourth-order valence-electron chi connectivity index (χ4n) is 3.25. The first-order valence-electron chi connectivity index (χ1n) is 10.6. The minimum Gasteiger partial charge on any atom is -0.482 e. The lowest BCUT2D eigenvalue weighted by atomic mass is 10.1. The molecule has 0 radical (unpaired) electrons. The van der Waals surface area contributed by atoms with Crippen molar-refractivity contribution < 1.29 is 38.1 Å². The van der Waals surface area contributed by atoms with E-state index in [1.807, 2.05) is 0 Å². The van der Waals surface area contributed by atoms with Crippen LogP contribution in [0.25, 0.3) is 0 Å². The fourth-order valence-corrected chi connectivity index (χ4v) is 6.26. The number of hydrogen-bond donors (Lipinski definition) is 3. The second-order valence-electron chi connectivity index (χ2n) is 7.81. The van der Waals surface area contributed by atoms with E-state index < -0.39 is 62.7 Å². The number of nitrogens with one attached hydrogen (secondary N) is 1. The van der Waals surface area contributed by atoms with Gasteiger partial charge in [0.1, 0.15) is 22.7 Å². The molecule has 0 saturated heterocycles. The van der Waals surface area contributed by atoms with E-state index in [-0.39, 0.29) is 28.8 Å². The SMILES string of the molecule is CC1=IC(OCc2ccc(F)cc2F)=C(Br)C(=O)N1c1cc(C(=O)NCC(O)CC(=O)O)ccc1C. The molecule has 192 valence electrons. The van der Waals surface area contributed by atoms with Crippen LogP contribution in [-0.2, 0) is 20.9 Å². The molecule has 2 amide bonds. The highest BCUT2D eigenvalue weighted by Crippen LogP contribution is 2.37. The number of nitrogens with zero attached hydrogens (tertiary/aromatic N) is 1. The molecule has 1 heterocycles. The first-order chi connectivity index (χ1) is 17.0. The number of ether oxygens (including phenoxy) is 1. The number of carboxylic acid groups (broad SMARTS) is 1. The van der Waals surface area contributed by atoms with Crippen molar-refractivity contribution in [1.82, 2.24) is 5.32 Å². The van der Waals surface area contributed by atoms with E-state index >= 15 is 0 Å². The second-order valence-corrected chi connectivity index (χ2v) is 11.7. The highest BCUT2D eigenvalue weighted by Gasteiger charge is 2.30. The van der Waals surface area contributed by atoms with Crippen LogP contribution in [0.1, 0.15) is 34.8 Å². The van der Waals surface area contributed by atoms with Crippen molar-refractivity contribution in [3.63, 3.8) is 0 Å². The van der Waals surface area contributed by atoms with Crippen LogP contribution in [0.5, 0.6) is 0 Å². The van der Waals surface area contributed by atoms with E-state index in [1.165, 1.54) is 11.0 Å². The number of aliphatic hydroxyl groups excluding tert-OH is 1. The summed E-state index contributed by atoms with van der Waals surface area (Å²) in [5.74, 6) is -3.57. The Labute approximate surface area is 223 Å². The molecular formula is C24H22BrF2IN2O6. The van der Waals surface area contributed by atoms with E-state index in [2.05, 4.69) is 21.2 Å². The molecule has 3 N–H and O–H groups in total. The molecule has 3 rings (SSSR count). The van der Waals surface area contributed by atoms with E-state index in [1.54, 1.807) is 32.0 Å². The van der Waals surface area contributed by atoms with Crippen LogP contribution in [0.3, 0.4) is 0 Å². The van der Waals surface area contributed by atoms with Gasteiger partial charge < -0.3 is 20.3 Å². The van der Waals surface area contributed by atoms with E-state index in [0.29, 0.717) is 13.1 Å². The number of halogens is 4. The second kappa shape index (κ2) is 12.0. The molecule has 36 heavy (non-hydrogen) atoms. The Morgan fingerprint density at radius 3 is 2.58 bits per heavy atom. The normalized spacial score (nSPS) is 14.7. The number of benzene rings is 2. The minimum atomic E-state index is -1.23. The molecule has 0 aliphatic carbocycles. The van der Waals surface area contributed by atoms with Gasteiger partial charge in [-0.25, -0.2) is 8.78 Å². The summed E-state index contributed by atoms with van der Waals surface area (Å²) in [7, 11) is 0. The van der Waals surface area contributed by atoms with Crippen LogP contribution in [0.15, 0.2) is 44.6 Å². The Hall–Kier alpha value is -2.71. The van der Waals surface area contributed by atoms with Crippen LogP contribution in [-0.4, -0.2) is 44.3 Å². The van der Waals surface area contributed by atoms with Crippen molar-refractivity contribution >= 4 is 63.8 Å². The first kappa shape index (κ1) is 27.9. The predicted octanol–water partition coefficient (Wildman–Crippen LogP) is 4.09. The van der Waals surface area contributed by atoms with Crippen LogP contribution >= 0.6 is 36.7 Å². The third kappa shape index (κ3) is 6.73. The van der Waals surface area contributed by atoms with Gasteiger partial charge in [-0.15, -0.1) is 0 Å². The van der Waals surface area contributed by atoms with Crippen LogP contribution in [0, 0.1) is 18.6 Å². The molecule has 12 heteroatoms. The number of hydrogen-bond acceptors (Lipinski definition) is 5. The molecule has 2 aromatic carbocycles. The third-order valence-electron chi connectivity index (χ3n) is 5.08. The number of amides is 2. The van der Waals surface area contributed by atoms with Gasteiger partial charge in [-0.3, -0.25) is 19.3 Å². The van der Waals surface area contributed by atoms with Crippen molar-refractivity contribution in [2.24, 2.45) is 0 Å². The lowest BCUT2D eigenvalue weighted by Crippen LogP contribution is -2.38. The molecule has 1 aliphatic heterocycles. The summed E-state index contributed by atoms with van der Waals surface area (Å²) in [4.78, 5) is 38.0. The number of rotatable bonds is 9. The van der Waals surface area contributed by atoms with E-state index in [0.717, 1.165) is 17.7 Å². The molecule has 1 aliphatic rings. The fraction of sp³-hybridized carbons (Fsp3) is 0.250. The largest absolute Gasteiger partial charge is 0.482 e. The first-order valence-corrected chi connectivity index (χ1v) is 13.5. The average molecular weight is 679 g/mol. The van der Waals surface area contributed by atoms with Gasteiger partial charge in [-0.2, -0.15) is 0 Å². The van der Waals surface area contributed by atoms with Crippen molar-refractivity contribution in [2.75, 3.05) is 11.4 Å². The molecule has 0 fully saturated rings. The maximum atomic E-state index is 13.9. The predicted molar refractivity (Wildman–Crippen MR) is 141 cm³/mol. The maximum absolute atomic E-state index is 13.9. The third-order valence-corrected chi connectivity index (χ3v) is 9.13. The Balaban J connectivity index is 1.78. The van der Waals surface area contributed by atoms with Gasteiger partial charge in [-0.1, -0.05) is 6.07 Å². The lowest BCUT2D eigenvalue weighted by molar-refractivity contribution is -0.139. The Morgan fingerprint density at radius 1 is 1.19 bits per heavy atom. The average Bonchev–Trinajstić information content (AvgIpc) is 2.80. The summed E-state index contributed by atoms with van der Waals surface area (Å²) in [5.41, 5.74) is 1.60. The quantitative estimate of drug-likeness (QED) is 0.345. The highest BCUT2D eigenvalue weighted by molar-refractivity contribution is 14.2. The van der Waals surface area contributed by atoms with Gasteiger partial charge in [0.15, 0.2) is 3.77 Å². The zero-order valence-corrected chi connectivity index (χ0v) is 22.9. The Bertz CT molecular complexity index is 1280. The highest BCUT2D eigenvalue weighted by atomic mass is 127. The maximum Gasteiger partial charge on any atom is 0.306 e. The molecular weight excluding hydrogens is 657 g/mol.